The van der Waals surface area contributed by atoms with Crippen molar-refractivity contribution in [3.8, 4) is 5.88 Å². The summed E-state index contributed by atoms with van der Waals surface area (Å²) in [6.45, 7) is -0.800. The fourth-order valence-electron chi connectivity index (χ4n) is 3.44. The van der Waals surface area contributed by atoms with Gasteiger partial charge in [-0.05, 0) is 36.6 Å². The molecule has 1 fully saturated rings. The Labute approximate surface area is 175 Å². The van der Waals surface area contributed by atoms with Gasteiger partial charge in [-0.1, -0.05) is 19.3 Å². The lowest BCUT2D eigenvalue weighted by Crippen LogP contribution is -2.38. The number of hydrogen-bond donors (Lipinski definition) is 2. The highest BCUT2D eigenvalue weighted by Crippen LogP contribution is 2.30. The zero-order valence-electron chi connectivity index (χ0n) is 16.4. The monoisotopic (exact) mass is 443 g/mol. The van der Waals surface area contributed by atoms with E-state index in [9.17, 15) is 27.2 Å². The first-order valence-corrected chi connectivity index (χ1v) is 9.72. The first kappa shape index (κ1) is 22.6. The van der Waals surface area contributed by atoms with E-state index in [1.54, 1.807) is 0 Å². The normalized spacial score (nSPS) is 15.0. The van der Waals surface area contributed by atoms with Crippen LogP contribution >= 0.6 is 0 Å². The number of carboxylic acid groups (broad SMARTS) is 1. The van der Waals surface area contributed by atoms with Crippen molar-refractivity contribution in [2.45, 2.75) is 57.5 Å². The Morgan fingerprint density at radius 1 is 1.16 bits per heavy atom. The molecule has 11 heteroatoms. The van der Waals surface area contributed by atoms with E-state index in [0.717, 1.165) is 55.0 Å². The van der Waals surface area contributed by atoms with E-state index < -0.39 is 35.8 Å². The number of carboxylic acids is 1. The Hall–Kier alpha value is -3.11. The minimum absolute atomic E-state index is 0.0354. The quantitative estimate of drug-likeness (QED) is 0.636. The van der Waals surface area contributed by atoms with Crippen LogP contribution in [-0.2, 0) is 24.1 Å². The number of amides is 1. The lowest BCUT2D eigenvalue weighted by Gasteiger charge is -2.22. The molecule has 1 amide bonds. The van der Waals surface area contributed by atoms with Crippen LogP contribution in [0.25, 0.3) is 0 Å². The number of alkyl halides is 3. The molecule has 0 saturated heterocycles. The number of hydrogen-bond acceptors (Lipinski definition) is 4. The highest BCUT2D eigenvalue weighted by molar-refractivity contribution is 5.85. The summed E-state index contributed by atoms with van der Waals surface area (Å²) in [7, 11) is 0. The Kier molecular flexibility index (Phi) is 6.81. The van der Waals surface area contributed by atoms with Crippen molar-refractivity contribution in [3.63, 3.8) is 0 Å². The molecule has 168 valence electrons. The Morgan fingerprint density at radius 3 is 2.52 bits per heavy atom. The van der Waals surface area contributed by atoms with Crippen molar-refractivity contribution >= 4 is 11.9 Å². The molecule has 31 heavy (non-hydrogen) atoms. The molecule has 1 aliphatic rings. The summed E-state index contributed by atoms with van der Waals surface area (Å²) < 4.78 is 58.6. The minimum atomic E-state index is -4.73. The third-order valence-electron chi connectivity index (χ3n) is 4.90. The number of nitrogens with one attached hydrogen (secondary N) is 1. The number of aromatic nitrogens is 2. The zero-order valence-corrected chi connectivity index (χ0v) is 16.4. The van der Waals surface area contributed by atoms with Gasteiger partial charge in [-0.2, -0.15) is 18.3 Å². The smallest absolute Gasteiger partial charge is 0.416 e. The molecule has 1 saturated carbocycles. The van der Waals surface area contributed by atoms with Crippen LogP contribution in [0, 0.1) is 5.82 Å². The van der Waals surface area contributed by atoms with Crippen LogP contribution in [0.3, 0.4) is 0 Å². The van der Waals surface area contributed by atoms with Crippen LogP contribution < -0.4 is 10.1 Å². The van der Waals surface area contributed by atoms with E-state index in [2.05, 4.69) is 10.4 Å². The fraction of sp³-hybridized carbons (Fsp3) is 0.450. The average molecular weight is 443 g/mol. The summed E-state index contributed by atoms with van der Waals surface area (Å²) in [6, 6.07) is 3.07. The van der Waals surface area contributed by atoms with E-state index in [1.807, 2.05) is 0 Å². The third-order valence-corrected chi connectivity index (χ3v) is 4.90. The number of ether oxygens (including phenoxy) is 1. The molecule has 7 nitrogen and oxygen atoms in total. The van der Waals surface area contributed by atoms with Crippen molar-refractivity contribution in [1.82, 2.24) is 15.1 Å². The minimum Gasteiger partial charge on any atom is -0.476 e. The number of aromatic carboxylic acids is 1. The second kappa shape index (κ2) is 9.36. The van der Waals surface area contributed by atoms with Crippen LogP contribution in [0.1, 0.15) is 53.7 Å². The zero-order chi connectivity index (χ0) is 22.6. The molecular formula is C20H21F4N3O4. The molecule has 1 aromatic carbocycles. The summed E-state index contributed by atoms with van der Waals surface area (Å²) in [4.78, 5) is 23.6. The van der Waals surface area contributed by atoms with Crippen LogP contribution in [-0.4, -0.2) is 32.8 Å². The van der Waals surface area contributed by atoms with Gasteiger partial charge in [0.2, 0.25) is 11.8 Å². The Morgan fingerprint density at radius 2 is 1.87 bits per heavy atom. The van der Waals surface area contributed by atoms with E-state index in [1.165, 1.54) is 0 Å². The molecule has 0 spiro atoms. The Bertz CT molecular complexity index is 952. The van der Waals surface area contributed by atoms with Crippen molar-refractivity contribution < 1.29 is 37.0 Å². The van der Waals surface area contributed by atoms with Crippen LogP contribution in [0.15, 0.2) is 24.3 Å². The van der Waals surface area contributed by atoms with Crippen molar-refractivity contribution in [2.24, 2.45) is 0 Å². The number of carbonyl (C=O) groups is 2. The van der Waals surface area contributed by atoms with E-state index in [4.69, 9.17) is 9.84 Å². The van der Waals surface area contributed by atoms with Crippen LogP contribution in [0.2, 0.25) is 0 Å². The fourth-order valence-corrected chi connectivity index (χ4v) is 3.44. The summed E-state index contributed by atoms with van der Waals surface area (Å²) in [5, 5.41) is 15.8. The number of carbonyl (C=O) groups excluding carboxylic acids is 1. The van der Waals surface area contributed by atoms with Crippen molar-refractivity contribution in [3.05, 3.63) is 46.9 Å². The molecule has 2 N–H and O–H groups in total. The molecule has 3 rings (SSSR count). The predicted molar refractivity (Wildman–Crippen MR) is 99.9 cm³/mol. The number of rotatable bonds is 7. The van der Waals surface area contributed by atoms with E-state index in [-0.39, 0.29) is 29.9 Å². The molecule has 0 bridgehead atoms. The molecular weight excluding hydrogens is 422 g/mol. The molecule has 0 radical (unpaired) electrons. The molecule has 0 atom stereocenters. The maximum Gasteiger partial charge on any atom is 0.416 e. The largest absolute Gasteiger partial charge is 0.476 e. The van der Waals surface area contributed by atoms with Crippen molar-refractivity contribution in [1.29, 1.82) is 0 Å². The second-order valence-corrected chi connectivity index (χ2v) is 7.37. The third kappa shape index (κ3) is 6.19. The summed E-state index contributed by atoms with van der Waals surface area (Å²) >= 11 is 0. The summed E-state index contributed by atoms with van der Waals surface area (Å²) in [5.74, 6) is -2.96. The number of halogens is 4. The topological polar surface area (TPSA) is 93.5 Å². The summed E-state index contributed by atoms with van der Waals surface area (Å²) in [5.41, 5.74) is -1.67. The standard InChI is InChI=1S/C20H21F4N3O4/c21-14-7-12(6-13(8-14)20(22,23)24)11-31-18-9-16(19(29)30)26-27(18)10-17(28)25-15-4-2-1-3-5-15/h6-9,15H,1-5,10-11H2,(H,25,28)(H,29,30). The molecule has 1 heterocycles. The van der Waals surface area contributed by atoms with Gasteiger partial charge in [-0.25, -0.2) is 13.9 Å². The summed E-state index contributed by atoms with van der Waals surface area (Å²) in [6.07, 6.45) is 0.120. The lowest BCUT2D eigenvalue weighted by atomic mass is 9.95. The molecule has 0 aliphatic heterocycles. The van der Waals surface area contributed by atoms with Gasteiger partial charge in [0.15, 0.2) is 5.69 Å². The van der Waals surface area contributed by atoms with E-state index >= 15 is 0 Å². The highest BCUT2D eigenvalue weighted by Gasteiger charge is 2.31. The van der Waals surface area contributed by atoms with Gasteiger partial charge in [0.25, 0.3) is 0 Å². The number of nitrogens with zero attached hydrogens (tertiary/aromatic N) is 2. The van der Waals surface area contributed by atoms with Crippen molar-refractivity contribution in [2.75, 3.05) is 0 Å². The van der Waals surface area contributed by atoms with Gasteiger partial charge in [0.1, 0.15) is 19.0 Å². The van der Waals surface area contributed by atoms with Crippen LogP contribution in [0.5, 0.6) is 5.88 Å². The van der Waals surface area contributed by atoms with Gasteiger partial charge in [-0.3, -0.25) is 4.79 Å². The van der Waals surface area contributed by atoms with Gasteiger partial charge < -0.3 is 15.2 Å². The Balaban J connectivity index is 1.72. The second-order valence-electron chi connectivity index (χ2n) is 7.37. The maximum atomic E-state index is 13.6. The first-order valence-electron chi connectivity index (χ1n) is 9.72. The van der Waals surface area contributed by atoms with Crippen LogP contribution in [0.4, 0.5) is 17.6 Å². The van der Waals surface area contributed by atoms with Gasteiger partial charge in [0.05, 0.1) is 5.56 Å². The number of benzene rings is 1. The van der Waals surface area contributed by atoms with Gasteiger partial charge in [0, 0.05) is 12.1 Å². The molecule has 0 unspecified atom stereocenters. The average Bonchev–Trinajstić information content (AvgIpc) is 3.09. The SMILES string of the molecule is O=C(Cn1nc(C(=O)O)cc1OCc1cc(F)cc(C(F)(F)F)c1)NC1CCCCC1. The predicted octanol–water partition coefficient (Wildman–Crippen LogP) is 3.77. The van der Waals surface area contributed by atoms with E-state index in [0.29, 0.717) is 6.07 Å². The molecule has 2 aromatic rings. The van der Waals surface area contributed by atoms with Gasteiger partial charge in [-0.15, -0.1) is 0 Å². The van der Waals surface area contributed by atoms with Gasteiger partial charge >= 0.3 is 12.1 Å². The molecule has 1 aliphatic carbocycles. The lowest BCUT2D eigenvalue weighted by molar-refractivity contribution is -0.137. The maximum absolute atomic E-state index is 13.6. The first-order chi connectivity index (χ1) is 14.6. The highest BCUT2D eigenvalue weighted by atomic mass is 19.4. The molecule has 1 aromatic heterocycles.